The zero-order valence-corrected chi connectivity index (χ0v) is 10.6. The Balaban J connectivity index is 3.24. The van der Waals surface area contributed by atoms with Crippen LogP contribution in [0.25, 0.3) is 0 Å². The summed E-state index contributed by atoms with van der Waals surface area (Å²) < 4.78 is 0. The van der Waals surface area contributed by atoms with Crippen LogP contribution >= 0.6 is 46.4 Å². The molecule has 0 amide bonds. The van der Waals surface area contributed by atoms with Gasteiger partial charge in [0.2, 0.25) is 0 Å². The number of alkyl halides is 2. The highest BCUT2D eigenvalue weighted by Gasteiger charge is 2.31. The number of aromatic nitrogens is 2. The topological polar surface area (TPSA) is 25.8 Å². The van der Waals surface area contributed by atoms with E-state index in [0.717, 1.165) is 0 Å². The van der Waals surface area contributed by atoms with Crippen molar-refractivity contribution < 1.29 is 0 Å². The molecule has 78 valence electrons. The minimum Gasteiger partial charge on any atom is -0.137 e. The highest BCUT2D eigenvalue weighted by atomic mass is 35.5. The largest absolute Gasteiger partial charge is 0.155 e. The summed E-state index contributed by atoms with van der Waals surface area (Å²) in [5.74, 6) is 0. The van der Waals surface area contributed by atoms with Crippen molar-refractivity contribution in [1.29, 1.82) is 0 Å². The highest BCUT2D eigenvalue weighted by Crippen LogP contribution is 2.36. The number of halogens is 4. The summed E-state index contributed by atoms with van der Waals surface area (Å²) in [4.78, 5) is -0.597. The van der Waals surface area contributed by atoms with E-state index in [4.69, 9.17) is 46.4 Å². The number of nitrogens with zero attached hydrogens (tertiary/aromatic N) is 2. The van der Waals surface area contributed by atoms with E-state index < -0.39 is 10.3 Å². The molecule has 0 bridgehead atoms. The van der Waals surface area contributed by atoms with E-state index >= 15 is 0 Å². The Hall–Kier alpha value is 0.240. The molecule has 6 heteroatoms. The normalized spacial score (nSPS) is 12.2. The Kier molecular flexibility index (Phi) is 3.87. The molecular formula is C8H8Cl4N2. The van der Waals surface area contributed by atoms with Gasteiger partial charge in [0.25, 0.3) is 0 Å². The van der Waals surface area contributed by atoms with Crippen molar-refractivity contribution in [1.82, 2.24) is 10.2 Å². The minimum atomic E-state index is -0.597. The first-order valence-corrected chi connectivity index (χ1v) is 5.46. The Bertz CT molecular complexity index is 338. The fraction of sp³-hybridized carbons (Fsp3) is 0.500. The third-order valence-corrected chi connectivity index (χ3v) is 3.51. The van der Waals surface area contributed by atoms with E-state index in [1.165, 1.54) is 0 Å². The van der Waals surface area contributed by atoms with Crippen LogP contribution < -0.4 is 0 Å². The van der Waals surface area contributed by atoms with Crippen molar-refractivity contribution in [3.05, 3.63) is 21.9 Å². The Morgan fingerprint density at radius 2 is 1.79 bits per heavy atom. The predicted octanol–water partition coefficient (Wildman–Crippen LogP) is 3.86. The van der Waals surface area contributed by atoms with Crippen LogP contribution in [0.4, 0.5) is 0 Å². The van der Waals surface area contributed by atoms with Crippen LogP contribution in [-0.4, -0.2) is 15.0 Å². The van der Waals surface area contributed by atoms with Gasteiger partial charge in [0.15, 0.2) is 10.3 Å². The molecule has 0 fully saturated rings. The SMILES string of the molecule is CC(C)(c1cc(Cl)nnc1Cl)C(Cl)Cl. The van der Waals surface area contributed by atoms with Gasteiger partial charge in [-0.1, -0.05) is 37.0 Å². The molecule has 0 radical (unpaired) electrons. The van der Waals surface area contributed by atoms with E-state index in [1.54, 1.807) is 6.07 Å². The maximum absolute atomic E-state index is 5.88. The maximum Gasteiger partial charge on any atom is 0.155 e. The lowest BCUT2D eigenvalue weighted by molar-refractivity contribution is 0.564. The number of hydrogen-bond acceptors (Lipinski definition) is 2. The molecule has 2 nitrogen and oxygen atoms in total. The average molecular weight is 274 g/mol. The second-order valence-electron chi connectivity index (χ2n) is 3.39. The standard InChI is InChI=1S/C8H8Cl4N2/c1-8(2,7(11)12)4-3-5(9)13-14-6(4)10/h3,7H,1-2H3. The zero-order chi connectivity index (χ0) is 10.9. The van der Waals surface area contributed by atoms with E-state index in [2.05, 4.69) is 10.2 Å². The summed E-state index contributed by atoms with van der Waals surface area (Å²) in [6.07, 6.45) is 0. The van der Waals surface area contributed by atoms with Gasteiger partial charge in [0, 0.05) is 11.0 Å². The molecule has 1 heterocycles. The molecule has 0 atom stereocenters. The monoisotopic (exact) mass is 272 g/mol. The molecule has 0 saturated heterocycles. The maximum atomic E-state index is 5.88. The average Bonchev–Trinajstić information content (AvgIpc) is 2.08. The Labute approximate surface area is 103 Å². The van der Waals surface area contributed by atoms with Gasteiger partial charge in [-0.2, -0.15) is 0 Å². The summed E-state index contributed by atoms with van der Waals surface area (Å²) in [6.45, 7) is 3.72. The first-order chi connectivity index (χ1) is 6.35. The van der Waals surface area contributed by atoms with Gasteiger partial charge < -0.3 is 0 Å². The quantitative estimate of drug-likeness (QED) is 0.765. The van der Waals surface area contributed by atoms with Crippen molar-refractivity contribution in [2.24, 2.45) is 0 Å². The lowest BCUT2D eigenvalue weighted by Crippen LogP contribution is -2.26. The molecule has 1 aromatic heterocycles. The summed E-state index contributed by atoms with van der Waals surface area (Å²) in [7, 11) is 0. The number of hydrogen-bond donors (Lipinski definition) is 0. The number of rotatable bonds is 2. The third-order valence-electron chi connectivity index (χ3n) is 1.96. The van der Waals surface area contributed by atoms with E-state index in [-0.39, 0.29) is 10.3 Å². The van der Waals surface area contributed by atoms with Crippen LogP contribution in [0.1, 0.15) is 19.4 Å². The fourth-order valence-corrected chi connectivity index (χ4v) is 1.64. The van der Waals surface area contributed by atoms with Crippen LogP contribution in [0.15, 0.2) is 6.07 Å². The molecule has 0 spiro atoms. The van der Waals surface area contributed by atoms with Crippen LogP contribution in [0.2, 0.25) is 10.3 Å². The van der Waals surface area contributed by atoms with Crippen molar-refractivity contribution in [3.8, 4) is 0 Å². The molecule has 0 aliphatic heterocycles. The summed E-state index contributed by atoms with van der Waals surface area (Å²) in [5, 5.41) is 7.84. The van der Waals surface area contributed by atoms with Crippen LogP contribution in [-0.2, 0) is 5.41 Å². The summed E-state index contributed by atoms with van der Waals surface area (Å²) in [6, 6.07) is 1.62. The zero-order valence-electron chi connectivity index (χ0n) is 7.56. The van der Waals surface area contributed by atoms with Crippen molar-refractivity contribution in [3.63, 3.8) is 0 Å². The summed E-state index contributed by atoms with van der Waals surface area (Å²) in [5.41, 5.74) is 0.175. The minimum absolute atomic E-state index is 0.269. The van der Waals surface area contributed by atoms with E-state index in [0.29, 0.717) is 5.56 Å². The van der Waals surface area contributed by atoms with Gasteiger partial charge in [-0.15, -0.1) is 33.4 Å². The van der Waals surface area contributed by atoms with Crippen LogP contribution in [0.5, 0.6) is 0 Å². The molecule has 1 rings (SSSR count). The Morgan fingerprint density at radius 3 is 2.29 bits per heavy atom. The second kappa shape index (κ2) is 4.40. The molecule has 0 unspecified atom stereocenters. The first-order valence-electron chi connectivity index (χ1n) is 3.83. The third kappa shape index (κ3) is 2.43. The van der Waals surface area contributed by atoms with Crippen molar-refractivity contribution in [2.45, 2.75) is 24.1 Å². The van der Waals surface area contributed by atoms with Crippen molar-refractivity contribution in [2.75, 3.05) is 0 Å². The molecule has 0 N–H and O–H groups in total. The van der Waals surface area contributed by atoms with Gasteiger partial charge >= 0.3 is 0 Å². The van der Waals surface area contributed by atoms with E-state index in [1.807, 2.05) is 13.8 Å². The highest BCUT2D eigenvalue weighted by molar-refractivity contribution is 6.45. The molecule has 0 aromatic carbocycles. The first kappa shape index (κ1) is 12.3. The van der Waals surface area contributed by atoms with Gasteiger partial charge in [-0.05, 0) is 6.07 Å². The lowest BCUT2D eigenvalue weighted by atomic mass is 9.88. The smallest absolute Gasteiger partial charge is 0.137 e. The van der Waals surface area contributed by atoms with Crippen LogP contribution in [0, 0.1) is 0 Å². The molecule has 0 aliphatic rings. The summed E-state index contributed by atoms with van der Waals surface area (Å²) >= 11 is 23.3. The van der Waals surface area contributed by atoms with Crippen LogP contribution in [0.3, 0.4) is 0 Å². The molecule has 0 saturated carbocycles. The van der Waals surface area contributed by atoms with Gasteiger partial charge in [0.1, 0.15) is 4.84 Å². The van der Waals surface area contributed by atoms with E-state index in [9.17, 15) is 0 Å². The fourth-order valence-electron chi connectivity index (χ4n) is 0.922. The Morgan fingerprint density at radius 1 is 1.21 bits per heavy atom. The van der Waals surface area contributed by atoms with Crippen molar-refractivity contribution >= 4 is 46.4 Å². The predicted molar refractivity (Wildman–Crippen MR) is 60.6 cm³/mol. The molecule has 0 aliphatic carbocycles. The molecular weight excluding hydrogens is 266 g/mol. The second-order valence-corrected chi connectivity index (χ2v) is 5.24. The lowest BCUT2D eigenvalue weighted by Gasteiger charge is -2.26. The van der Waals surface area contributed by atoms with Gasteiger partial charge in [-0.25, -0.2) is 0 Å². The molecule has 14 heavy (non-hydrogen) atoms. The van der Waals surface area contributed by atoms with Gasteiger partial charge in [0.05, 0.1) is 0 Å². The van der Waals surface area contributed by atoms with Gasteiger partial charge in [-0.3, -0.25) is 0 Å². The molecule has 1 aromatic rings.